The molecule has 0 saturated carbocycles. The third kappa shape index (κ3) is 3.47. The van der Waals surface area contributed by atoms with Gasteiger partial charge in [-0.1, -0.05) is 54.9 Å². The van der Waals surface area contributed by atoms with Crippen LogP contribution in [0, 0.1) is 5.41 Å². The fraction of sp³-hybridized carbons (Fsp3) is 0.588. The molecule has 0 heterocycles. The molecule has 1 unspecified atom stereocenters. The average molecular weight is 323 g/mol. The molecule has 0 amide bonds. The predicted molar refractivity (Wildman–Crippen MR) is 84.0 cm³/mol. The minimum absolute atomic E-state index is 0.0686. The van der Waals surface area contributed by atoms with Crippen LogP contribution in [0.25, 0.3) is 0 Å². The molecule has 1 aromatic rings. The second kappa shape index (κ2) is 5.78. The van der Waals surface area contributed by atoms with Gasteiger partial charge in [-0.2, -0.15) is 0 Å². The van der Waals surface area contributed by atoms with Crippen molar-refractivity contribution in [1.29, 1.82) is 0 Å². The van der Waals surface area contributed by atoms with Crippen molar-refractivity contribution in [3.63, 3.8) is 0 Å². The van der Waals surface area contributed by atoms with Crippen LogP contribution in [0.2, 0.25) is 0 Å². The maximum atomic E-state index is 12.3. The number of carbonyl (C=O) groups is 1. The van der Waals surface area contributed by atoms with E-state index in [1.54, 1.807) is 0 Å². The summed E-state index contributed by atoms with van der Waals surface area (Å²) in [6.07, 6.45) is 5.77. The highest BCUT2D eigenvalue weighted by Crippen LogP contribution is 2.28. The zero-order valence-electron chi connectivity index (χ0n) is 12.1. The molecule has 2 heteroatoms. The van der Waals surface area contributed by atoms with E-state index in [9.17, 15) is 4.79 Å². The molecule has 19 heavy (non-hydrogen) atoms. The van der Waals surface area contributed by atoms with Gasteiger partial charge < -0.3 is 0 Å². The molecule has 0 radical (unpaired) electrons. The minimum atomic E-state index is -0.275. The first-order valence-corrected chi connectivity index (χ1v) is 8.09. The highest BCUT2D eigenvalue weighted by Gasteiger charge is 2.28. The summed E-state index contributed by atoms with van der Waals surface area (Å²) >= 11 is 3.59. The van der Waals surface area contributed by atoms with Crippen molar-refractivity contribution in [3.8, 4) is 0 Å². The minimum Gasteiger partial charge on any atom is -0.298 e. The molecule has 104 valence electrons. The van der Waals surface area contributed by atoms with Gasteiger partial charge in [0, 0.05) is 5.41 Å². The lowest BCUT2D eigenvalue weighted by Gasteiger charge is -2.23. The van der Waals surface area contributed by atoms with Crippen LogP contribution in [0.4, 0.5) is 0 Å². The molecule has 0 aromatic heterocycles. The number of benzene rings is 1. The van der Waals surface area contributed by atoms with Crippen LogP contribution < -0.4 is 0 Å². The van der Waals surface area contributed by atoms with Crippen molar-refractivity contribution in [3.05, 3.63) is 34.9 Å². The SMILES string of the molecule is CC(C)(C)C(=O)C(Br)Cc1cccc2c1CCCC2. The summed E-state index contributed by atoms with van der Waals surface area (Å²) in [6.45, 7) is 5.97. The van der Waals surface area contributed by atoms with Gasteiger partial charge in [-0.3, -0.25) is 4.79 Å². The van der Waals surface area contributed by atoms with E-state index in [-0.39, 0.29) is 10.2 Å². The smallest absolute Gasteiger partial charge is 0.152 e. The number of hydrogen-bond acceptors (Lipinski definition) is 1. The van der Waals surface area contributed by atoms with E-state index in [1.165, 1.54) is 42.4 Å². The van der Waals surface area contributed by atoms with E-state index in [0.29, 0.717) is 5.78 Å². The summed E-state index contributed by atoms with van der Waals surface area (Å²) in [5, 5.41) is 0. The third-order valence-electron chi connectivity index (χ3n) is 3.92. The van der Waals surface area contributed by atoms with Gasteiger partial charge in [0.1, 0.15) is 0 Å². The molecule has 2 rings (SSSR count). The van der Waals surface area contributed by atoms with E-state index in [4.69, 9.17) is 0 Å². The lowest BCUT2D eigenvalue weighted by atomic mass is 9.84. The number of ketones is 1. The zero-order valence-corrected chi connectivity index (χ0v) is 13.7. The fourth-order valence-corrected chi connectivity index (χ4v) is 3.84. The Morgan fingerprint density at radius 1 is 1.26 bits per heavy atom. The van der Waals surface area contributed by atoms with Gasteiger partial charge in [0.15, 0.2) is 5.78 Å². The molecule has 0 bridgehead atoms. The second-order valence-electron chi connectivity index (χ2n) is 6.55. The topological polar surface area (TPSA) is 17.1 Å². The number of fused-ring (bicyclic) bond motifs is 1. The Labute approximate surface area is 124 Å². The summed E-state index contributed by atoms with van der Waals surface area (Å²) < 4.78 is 0. The lowest BCUT2D eigenvalue weighted by Crippen LogP contribution is -2.30. The van der Waals surface area contributed by atoms with Crippen LogP contribution in [0.3, 0.4) is 0 Å². The van der Waals surface area contributed by atoms with Gasteiger partial charge in [0.25, 0.3) is 0 Å². The van der Waals surface area contributed by atoms with Crippen LogP contribution in [0.15, 0.2) is 18.2 Å². The first-order chi connectivity index (χ1) is 8.89. The van der Waals surface area contributed by atoms with Crippen LogP contribution in [-0.4, -0.2) is 10.6 Å². The third-order valence-corrected chi connectivity index (χ3v) is 4.66. The molecule has 1 atom stereocenters. The Kier molecular flexibility index (Phi) is 4.50. The summed E-state index contributed by atoms with van der Waals surface area (Å²) in [7, 11) is 0. The Bertz CT molecular complexity index is 471. The Morgan fingerprint density at radius 2 is 1.95 bits per heavy atom. The van der Waals surface area contributed by atoms with Crippen molar-refractivity contribution >= 4 is 21.7 Å². The van der Waals surface area contributed by atoms with E-state index in [0.717, 1.165) is 6.42 Å². The number of rotatable bonds is 3. The Hall–Kier alpha value is -0.630. The zero-order chi connectivity index (χ0) is 14.0. The molecule has 1 aliphatic carbocycles. The van der Waals surface area contributed by atoms with Crippen molar-refractivity contribution in [1.82, 2.24) is 0 Å². The molecular formula is C17H23BrO. The van der Waals surface area contributed by atoms with Gasteiger partial charge in [0.05, 0.1) is 4.83 Å². The highest BCUT2D eigenvalue weighted by molar-refractivity contribution is 9.10. The van der Waals surface area contributed by atoms with Gasteiger partial charge in [-0.05, 0) is 48.8 Å². The number of alkyl halides is 1. The van der Waals surface area contributed by atoms with Crippen molar-refractivity contribution in [2.24, 2.45) is 5.41 Å². The predicted octanol–water partition coefficient (Wildman–Crippen LogP) is 4.49. The summed E-state index contributed by atoms with van der Waals surface area (Å²) in [4.78, 5) is 12.2. The molecule has 1 aliphatic rings. The van der Waals surface area contributed by atoms with Crippen molar-refractivity contribution in [2.75, 3.05) is 0 Å². The largest absolute Gasteiger partial charge is 0.298 e. The maximum absolute atomic E-state index is 12.3. The summed E-state index contributed by atoms with van der Waals surface area (Å²) in [6, 6.07) is 6.57. The fourth-order valence-electron chi connectivity index (χ4n) is 2.81. The molecule has 0 N–H and O–H groups in total. The quantitative estimate of drug-likeness (QED) is 0.749. The number of halogens is 1. The first kappa shape index (κ1) is 14.8. The molecular weight excluding hydrogens is 300 g/mol. The summed E-state index contributed by atoms with van der Waals surface area (Å²) in [5.74, 6) is 0.293. The Balaban J connectivity index is 2.18. The molecule has 1 nitrogen and oxygen atoms in total. The van der Waals surface area contributed by atoms with Gasteiger partial charge >= 0.3 is 0 Å². The van der Waals surface area contributed by atoms with Crippen molar-refractivity contribution in [2.45, 2.75) is 57.7 Å². The van der Waals surface area contributed by atoms with Gasteiger partial charge in [0.2, 0.25) is 0 Å². The van der Waals surface area contributed by atoms with Crippen LogP contribution in [0.5, 0.6) is 0 Å². The monoisotopic (exact) mass is 322 g/mol. The second-order valence-corrected chi connectivity index (χ2v) is 7.65. The molecule has 0 fully saturated rings. The van der Waals surface area contributed by atoms with E-state index >= 15 is 0 Å². The van der Waals surface area contributed by atoms with E-state index < -0.39 is 0 Å². The van der Waals surface area contributed by atoms with Crippen LogP contribution >= 0.6 is 15.9 Å². The molecule has 0 spiro atoms. The van der Waals surface area contributed by atoms with E-state index in [2.05, 4.69) is 34.1 Å². The maximum Gasteiger partial charge on any atom is 0.152 e. The lowest BCUT2D eigenvalue weighted by molar-refractivity contribution is -0.125. The standard InChI is InChI=1S/C17H23BrO/c1-17(2,3)16(19)15(18)11-13-9-6-8-12-7-4-5-10-14(12)13/h6,8-9,15H,4-5,7,10-11H2,1-3H3. The number of hydrogen-bond donors (Lipinski definition) is 0. The summed E-state index contributed by atoms with van der Waals surface area (Å²) in [5.41, 5.74) is 4.08. The van der Waals surface area contributed by atoms with Gasteiger partial charge in [-0.25, -0.2) is 0 Å². The Morgan fingerprint density at radius 3 is 2.63 bits per heavy atom. The van der Waals surface area contributed by atoms with Crippen LogP contribution in [-0.2, 0) is 24.1 Å². The molecule has 0 aliphatic heterocycles. The number of Topliss-reactive ketones (excluding diaryl/α,β-unsaturated/α-hetero) is 1. The normalized spacial score (nSPS) is 16.8. The molecule has 1 aromatic carbocycles. The van der Waals surface area contributed by atoms with Gasteiger partial charge in [-0.15, -0.1) is 0 Å². The highest BCUT2D eigenvalue weighted by atomic mass is 79.9. The number of carbonyl (C=O) groups excluding carboxylic acids is 1. The van der Waals surface area contributed by atoms with E-state index in [1.807, 2.05) is 20.8 Å². The van der Waals surface area contributed by atoms with Crippen LogP contribution in [0.1, 0.15) is 50.3 Å². The average Bonchev–Trinajstić information content (AvgIpc) is 2.37. The molecule has 0 saturated heterocycles. The van der Waals surface area contributed by atoms with Crippen molar-refractivity contribution < 1.29 is 4.79 Å². The number of aryl methyl sites for hydroxylation is 1. The first-order valence-electron chi connectivity index (χ1n) is 7.17.